The summed E-state index contributed by atoms with van der Waals surface area (Å²) in [5, 5.41) is 3.08. The first-order valence-electron chi connectivity index (χ1n) is 6.25. The van der Waals surface area contributed by atoms with Crippen molar-refractivity contribution < 1.29 is 13.5 Å². The van der Waals surface area contributed by atoms with Crippen LogP contribution in [-0.4, -0.2) is 19.1 Å². The third kappa shape index (κ3) is 3.11. The van der Waals surface area contributed by atoms with Gasteiger partial charge in [0.1, 0.15) is 11.6 Å². The molecule has 2 aromatic rings. The van der Waals surface area contributed by atoms with E-state index in [1.54, 1.807) is 19.3 Å². The number of hydrogen-bond donors (Lipinski definition) is 1. The number of benzene rings is 1. The Bertz CT molecular complexity index is 590. The number of halogens is 2. The van der Waals surface area contributed by atoms with Gasteiger partial charge in [-0.1, -0.05) is 6.07 Å². The molecule has 1 aromatic heterocycles. The van der Waals surface area contributed by atoms with Crippen LogP contribution < -0.4 is 10.1 Å². The van der Waals surface area contributed by atoms with Crippen molar-refractivity contribution in [3.63, 3.8) is 0 Å². The summed E-state index contributed by atoms with van der Waals surface area (Å²) in [6.45, 7) is 0. The van der Waals surface area contributed by atoms with Gasteiger partial charge in [0.2, 0.25) is 5.88 Å². The minimum absolute atomic E-state index is 0.213. The van der Waals surface area contributed by atoms with Gasteiger partial charge in [-0.25, -0.2) is 13.8 Å². The van der Waals surface area contributed by atoms with Crippen LogP contribution in [0.2, 0.25) is 0 Å². The van der Waals surface area contributed by atoms with Crippen molar-refractivity contribution in [1.29, 1.82) is 0 Å². The van der Waals surface area contributed by atoms with Crippen LogP contribution in [-0.2, 0) is 6.42 Å². The lowest BCUT2D eigenvalue weighted by Crippen LogP contribution is -2.20. The standard InChI is InChI=1S/C15H16F2N2O/c1-18-14(12-4-3-7-19-15(12)20-2)9-10-8-11(16)5-6-13(10)17/h3-8,14,18H,9H2,1-2H3. The Labute approximate surface area is 116 Å². The SMILES string of the molecule is CNC(Cc1cc(F)ccc1F)c1cccnc1OC. The Hall–Kier alpha value is -2.01. The quantitative estimate of drug-likeness (QED) is 0.913. The third-order valence-electron chi connectivity index (χ3n) is 3.15. The number of rotatable bonds is 5. The Morgan fingerprint density at radius 2 is 2.10 bits per heavy atom. The van der Waals surface area contributed by atoms with E-state index in [2.05, 4.69) is 10.3 Å². The maximum absolute atomic E-state index is 13.7. The maximum atomic E-state index is 13.7. The van der Waals surface area contributed by atoms with Gasteiger partial charge in [0, 0.05) is 17.8 Å². The first kappa shape index (κ1) is 14.4. The molecule has 3 nitrogen and oxygen atoms in total. The number of pyridine rings is 1. The topological polar surface area (TPSA) is 34.2 Å². The Morgan fingerprint density at radius 3 is 2.80 bits per heavy atom. The normalized spacial score (nSPS) is 12.2. The number of ether oxygens (including phenoxy) is 1. The molecule has 0 fully saturated rings. The molecule has 0 aliphatic heterocycles. The van der Waals surface area contributed by atoms with E-state index in [1.165, 1.54) is 13.2 Å². The van der Waals surface area contributed by atoms with Gasteiger partial charge in [-0.15, -0.1) is 0 Å². The Kier molecular flexibility index (Phi) is 4.63. The first-order chi connectivity index (χ1) is 9.65. The average Bonchev–Trinajstić information content (AvgIpc) is 2.48. The lowest BCUT2D eigenvalue weighted by Gasteiger charge is -2.19. The summed E-state index contributed by atoms with van der Waals surface area (Å²) < 4.78 is 32.1. The second-order valence-corrected chi connectivity index (χ2v) is 4.38. The molecule has 1 aromatic carbocycles. The molecule has 0 amide bonds. The van der Waals surface area contributed by atoms with Crippen LogP contribution in [0.5, 0.6) is 5.88 Å². The van der Waals surface area contributed by atoms with E-state index >= 15 is 0 Å². The minimum Gasteiger partial charge on any atom is -0.481 e. The fraction of sp³-hybridized carbons (Fsp3) is 0.267. The van der Waals surface area contributed by atoms with Gasteiger partial charge < -0.3 is 10.1 Å². The summed E-state index contributed by atoms with van der Waals surface area (Å²) in [7, 11) is 3.29. The highest BCUT2D eigenvalue weighted by atomic mass is 19.1. The van der Waals surface area contributed by atoms with Crippen molar-refractivity contribution in [2.24, 2.45) is 0 Å². The van der Waals surface area contributed by atoms with E-state index in [9.17, 15) is 8.78 Å². The van der Waals surface area contributed by atoms with E-state index in [-0.39, 0.29) is 6.04 Å². The van der Waals surface area contributed by atoms with Crippen LogP contribution in [0, 0.1) is 11.6 Å². The van der Waals surface area contributed by atoms with Crippen molar-refractivity contribution in [2.45, 2.75) is 12.5 Å². The molecule has 0 bridgehead atoms. The highest BCUT2D eigenvalue weighted by Gasteiger charge is 2.17. The Morgan fingerprint density at radius 1 is 1.30 bits per heavy atom. The van der Waals surface area contributed by atoms with Crippen molar-refractivity contribution in [2.75, 3.05) is 14.2 Å². The molecule has 0 aliphatic rings. The van der Waals surface area contributed by atoms with Crippen LogP contribution in [0.3, 0.4) is 0 Å². The molecule has 106 valence electrons. The van der Waals surface area contributed by atoms with Crippen LogP contribution in [0.1, 0.15) is 17.2 Å². The van der Waals surface area contributed by atoms with Gasteiger partial charge in [-0.05, 0) is 43.3 Å². The minimum atomic E-state index is -0.450. The van der Waals surface area contributed by atoms with E-state index in [4.69, 9.17) is 4.74 Å². The number of nitrogens with zero attached hydrogens (tertiary/aromatic N) is 1. The number of nitrogens with one attached hydrogen (secondary N) is 1. The van der Waals surface area contributed by atoms with E-state index in [0.717, 1.165) is 17.7 Å². The van der Waals surface area contributed by atoms with E-state index in [0.29, 0.717) is 17.9 Å². The van der Waals surface area contributed by atoms with Crippen LogP contribution in [0.15, 0.2) is 36.5 Å². The largest absolute Gasteiger partial charge is 0.481 e. The molecule has 1 heterocycles. The highest BCUT2D eigenvalue weighted by Crippen LogP contribution is 2.26. The number of hydrogen-bond acceptors (Lipinski definition) is 3. The monoisotopic (exact) mass is 278 g/mol. The second-order valence-electron chi connectivity index (χ2n) is 4.38. The van der Waals surface area contributed by atoms with Gasteiger partial charge in [0.15, 0.2) is 0 Å². The Balaban J connectivity index is 2.31. The van der Waals surface area contributed by atoms with E-state index < -0.39 is 11.6 Å². The summed E-state index contributed by atoms with van der Waals surface area (Å²) in [5.41, 5.74) is 1.12. The summed E-state index contributed by atoms with van der Waals surface area (Å²) in [6, 6.07) is 6.88. The number of methoxy groups -OCH3 is 1. The number of aromatic nitrogens is 1. The molecule has 0 aliphatic carbocycles. The predicted molar refractivity (Wildman–Crippen MR) is 72.7 cm³/mol. The van der Waals surface area contributed by atoms with Crippen molar-refractivity contribution in [3.8, 4) is 5.88 Å². The fourth-order valence-electron chi connectivity index (χ4n) is 2.13. The molecular weight excluding hydrogens is 262 g/mol. The zero-order chi connectivity index (χ0) is 14.5. The maximum Gasteiger partial charge on any atom is 0.217 e. The molecule has 20 heavy (non-hydrogen) atoms. The zero-order valence-electron chi connectivity index (χ0n) is 11.4. The van der Waals surface area contributed by atoms with Gasteiger partial charge in [-0.2, -0.15) is 0 Å². The summed E-state index contributed by atoms with van der Waals surface area (Å²) in [5.74, 6) is -0.396. The summed E-state index contributed by atoms with van der Waals surface area (Å²) in [6.07, 6.45) is 1.93. The highest BCUT2D eigenvalue weighted by molar-refractivity contribution is 5.31. The average molecular weight is 278 g/mol. The van der Waals surface area contributed by atoms with Crippen LogP contribution in [0.4, 0.5) is 8.78 Å². The fourth-order valence-corrected chi connectivity index (χ4v) is 2.13. The smallest absolute Gasteiger partial charge is 0.217 e. The molecule has 0 saturated heterocycles. The molecule has 2 rings (SSSR count). The molecule has 1 unspecified atom stereocenters. The summed E-state index contributed by atoms with van der Waals surface area (Å²) >= 11 is 0. The third-order valence-corrected chi connectivity index (χ3v) is 3.15. The summed E-state index contributed by atoms with van der Waals surface area (Å²) in [4.78, 5) is 4.12. The predicted octanol–water partition coefficient (Wildman–Crippen LogP) is 2.87. The van der Waals surface area contributed by atoms with Crippen LogP contribution >= 0.6 is 0 Å². The number of likely N-dealkylation sites (N-methyl/N-ethyl adjacent to an activating group) is 1. The van der Waals surface area contributed by atoms with Gasteiger partial charge >= 0.3 is 0 Å². The van der Waals surface area contributed by atoms with Gasteiger partial charge in [0.25, 0.3) is 0 Å². The lowest BCUT2D eigenvalue weighted by atomic mass is 9.99. The second kappa shape index (κ2) is 6.43. The molecule has 0 spiro atoms. The first-order valence-corrected chi connectivity index (χ1v) is 6.25. The van der Waals surface area contributed by atoms with Gasteiger partial charge in [0.05, 0.1) is 7.11 Å². The zero-order valence-corrected chi connectivity index (χ0v) is 11.4. The molecule has 1 N–H and O–H groups in total. The molecule has 0 saturated carbocycles. The molecule has 1 atom stereocenters. The van der Waals surface area contributed by atoms with E-state index in [1.807, 2.05) is 6.07 Å². The van der Waals surface area contributed by atoms with Crippen molar-refractivity contribution >= 4 is 0 Å². The molecule has 5 heteroatoms. The van der Waals surface area contributed by atoms with Crippen molar-refractivity contribution in [1.82, 2.24) is 10.3 Å². The lowest BCUT2D eigenvalue weighted by molar-refractivity contribution is 0.384. The van der Waals surface area contributed by atoms with Crippen molar-refractivity contribution in [3.05, 3.63) is 59.3 Å². The molecular formula is C15H16F2N2O. The van der Waals surface area contributed by atoms with Crippen LogP contribution in [0.25, 0.3) is 0 Å². The molecule has 0 radical (unpaired) electrons. The van der Waals surface area contributed by atoms with Gasteiger partial charge in [-0.3, -0.25) is 0 Å².